The Morgan fingerprint density at radius 3 is 1.33 bits per heavy atom. The summed E-state index contributed by atoms with van der Waals surface area (Å²) < 4.78 is 0. The van der Waals surface area contributed by atoms with E-state index in [1.165, 1.54) is 6.07 Å². The van der Waals surface area contributed by atoms with E-state index in [0.29, 0.717) is 0 Å². The van der Waals surface area contributed by atoms with Gasteiger partial charge in [0.25, 0.3) is 0 Å². The van der Waals surface area contributed by atoms with E-state index in [1.807, 2.05) is 0 Å². The Morgan fingerprint density at radius 1 is 0.692 bits per heavy atom. The van der Waals surface area contributed by atoms with Gasteiger partial charge in [-0.1, -0.05) is 0 Å². The van der Waals surface area contributed by atoms with Crippen molar-refractivity contribution in [1.82, 2.24) is 4.90 Å². The molecule has 4 bridgehead atoms. The first-order valence-electron chi connectivity index (χ1n) is 10.9. The van der Waals surface area contributed by atoms with Gasteiger partial charge in [-0.2, -0.15) is 5.26 Å². The Labute approximate surface area is 213 Å². The Hall–Kier alpha value is -1.76. The number of likely N-dealkylation sites (tertiary alicyclic amines) is 1. The standard InChI is InChI=1S/C18H25N3O18/c19-2-5-8(23,24)3-1-4(3)21(5)7(22)6(20)9-13(28,29)10(25)16(34,35)11(26,14(9,30)31)18(38,39)12(27,15(9,32)33)17(10,36)37/h3-6,23-39H,1,20H2. The lowest BCUT2D eigenvalue weighted by Crippen LogP contribution is -3.17. The summed E-state index contributed by atoms with van der Waals surface area (Å²) in [5.41, 5.74) is -15.4. The maximum Gasteiger partial charge on any atom is 0.244 e. The zero-order valence-electron chi connectivity index (χ0n) is 19.0. The fourth-order valence-corrected chi connectivity index (χ4v) is 7.55. The first-order chi connectivity index (χ1) is 17.1. The van der Waals surface area contributed by atoms with Crippen molar-refractivity contribution in [3.63, 3.8) is 0 Å². The average Bonchev–Trinajstić information content (AvgIpc) is 3.54. The number of nitrogens with two attached hydrogens (primary N) is 1. The molecule has 0 spiro atoms. The third-order valence-electron chi connectivity index (χ3n) is 9.64. The average molecular weight is 571 g/mol. The fraction of sp³-hybridized carbons (Fsp3) is 0.889. The quantitative estimate of drug-likeness (QED) is 0.137. The zero-order valence-corrected chi connectivity index (χ0v) is 19.0. The Morgan fingerprint density at radius 2 is 1.03 bits per heavy atom. The van der Waals surface area contributed by atoms with Crippen LogP contribution in [0.25, 0.3) is 0 Å². The van der Waals surface area contributed by atoms with Crippen LogP contribution in [0.3, 0.4) is 0 Å². The molecule has 220 valence electrons. The molecule has 19 N–H and O–H groups in total. The van der Waals surface area contributed by atoms with Crippen LogP contribution >= 0.6 is 0 Å². The van der Waals surface area contributed by atoms with Gasteiger partial charge in [0.1, 0.15) is 6.04 Å². The van der Waals surface area contributed by atoms with Crippen LogP contribution in [0.2, 0.25) is 0 Å². The summed E-state index contributed by atoms with van der Waals surface area (Å²) in [6.07, 6.45) is -0.270. The van der Waals surface area contributed by atoms with Crippen molar-refractivity contribution < 1.29 is 91.6 Å². The molecule has 5 aliphatic carbocycles. The smallest absolute Gasteiger partial charge is 0.244 e. The number of piperidine rings is 1. The van der Waals surface area contributed by atoms with Gasteiger partial charge in [0.05, 0.1) is 6.07 Å². The predicted molar refractivity (Wildman–Crippen MR) is 104 cm³/mol. The van der Waals surface area contributed by atoms with Crippen molar-refractivity contribution >= 4 is 5.91 Å². The number of fused-ring (bicyclic) bond motifs is 1. The maximum absolute atomic E-state index is 13.6. The number of carbonyl (C=O) groups is 1. The van der Waals surface area contributed by atoms with Crippen molar-refractivity contribution in [1.29, 1.82) is 5.26 Å². The highest BCUT2D eigenvalue weighted by atomic mass is 16.7. The van der Waals surface area contributed by atoms with Gasteiger partial charge in [-0.25, -0.2) is 0 Å². The molecule has 1 aliphatic heterocycles. The largest absolute Gasteiger partial charge is 0.375 e. The second-order valence-corrected chi connectivity index (χ2v) is 10.9. The van der Waals surface area contributed by atoms with Crippen LogP contribution in [-0.4, -0.2) is 173 Å². The SMILES string of the molecule is N#CC1N(C(=O)C(N)C23C(O)(O)C4(O)C(O)(O)C(O)(C(O)(O)C(O)(C4(O)O)C2(O)O)C3(O)O)C2CC2C1(O)O. The number of hydrogen-bond acceptors (Lipinski definition) is 20. The topological polar surface area (TPSA) is 414 Å². The summed E-state index contributed by atoms with van der Waals surface area (Å²) in [4.78, 5) is 13.7. The Kier molecular flexibility index (Phi) is 4.68. The van der Waals surface area contributed by atoms with Crippen molar-refractivity contribution in [2.24, 2.45) is 17.1 Å². The van der Waals surface area contributed by atoms with E-state index >= 15 is 0 Å². The molecule has 21 heteroatoms. The summed E-state index contributed by atoms with van der Waals surface area (Å²) in [6.45, 7) is 0. The summed E-state index contributed by atoms with van der Waals surface area (Å²) >= 11 is 0. The lowest BCUT2D eigenvalue weighted by Gasteiger charge is -2.84. The molecular formula is C18H25N3O18. The third kappa shape index (κ3) is 1.93. The molecule has 0 aromatic carbocycles. The Balaban J connectivity index is 1.88. The van der Waals surface area contributed by atoms with Gasteiger partial charge < -0.3 is 97.4 Å². The molecule has 1 saturated heterocycles. The van der Waals surface area contributed by atoms with Crippen molar-refractivity contribution in [3.8, 4) is 6.07 Å². The lowest BCUT2D eigenvalue weighted by molar-refractivity contribution is -0.712. The summed E-state index contributed by atoms with van der Waals surface area (Å²) in [5, 5.41) is 192. The molecule has 0 aromatic rings. The van der Waals surface area contributed by atoms with Crippen molar-refractivity contribution in [3.05, 3.63) is 0 Å². The lowest BCUT2D eigenvalue weighted by atomic mass is 9.29. The minimum atomic E-state index is -5.40. The number of nitriles is 1. The fourth-order valence-electron chi connectivity index (χ4n) is 7.55. The van der Waals surface area contributed by atoms with Gasteiger partial charge in [-0.3, -0.25) is 4.79 Å². The normalized spacial score (nSPS) is 50.2. The van der Waals surface area contributed by atoms with Gasteiger partial charge in [0.2, 0.25) is 63.2 Å². The summed E-state index contributed by atoms with van der Waals surface area (Å²) in [7, 11) is 0. The van der Waals surface area contributed by atoms with Crippen LogP contribution in [0, 0.1) is 22.7 Å². The van der Waals surface area contributed by atoms with Gasteiger partial charge in [-0.05, 0) is 6.42 Å². The van der Waals surface area contributed by atoms with Gasteiger partial charge in [0, 0.05) is 12.0 Å². The van der Waals surface area contributed by atoms with Crippen LogP contribution in [0.1, 0.15) is 6.42 Å². The maximum atomic E-state index is 13.6. The first-order valence-corrected chi connectivity index (χ1v) is 10.9. The van der Waals surface area contributed by atoms with E-state index in [1.54, 1.807) is 0 Å². The Bertz CT molecular complexity index is 1120. The molecule has 1 amide bonds. The van der Waals surface area contributed by atoms with Gasteiger partial charge >= 0.3 is 0 Å². The minimum Gasteiger partial charge on any atom is -0.375 e. The molecule has 4 atom stereocenters. The first kappa shape index (κ1) is 28.8. The molecule has 39 heavy (non-hydrogen) atoms. The number of hydrogen-bond donors (Lipinski definition) is 18. The third-order valence-corrected chi connectivity index (χ3v) is 9.64. The van der Waals surface area contributed by atoms with Gasteiger partial charge in [-0.15, -0.1) is 0 Å². The molecule has 1 heterocycles. The number of rotatable bonds is 2. The van der Waals surface area contributed by atoms with Crippen LogP contribution in [-0.2, 0) is 4.79 Å². The molecule has 0 aromatic heterocycles. The number of nitrogens with zero attached hydrogens (tertiary/aromatic N) is 2. The molecule has 6 fully saturated rings. The predicted octanol–water partition coefficient (Wildman–Crippen LogP) is -12.6. The van der Waals surface area contributed by atoms with Crippen molar-refractivity contribution in [2.45, 2.75) is 81.9 Å². The monoisotopic (exact) mass is 571 g/mol. The molecule has 0 radical (unpaired) electrons. The van der Waals surface area contributed by atoms with Crippen LogP contribution in [0.5, 0.6) is 0 Å². The second kappa shape index (κ2) is 6.34. The van der Waals surface area contributed by atoms with Crippen LogP contribution in [0.15, 0.2) is 0 Å². The minimum absolute atomic E-state index is 0.176. The van der Waals surface area contributed by atoms with E-state index in [-0.39, 0.29) is 11.3 Å². The molecule has 21 nitrogen and oxygen atoms in total. The molecule has 4 unspecified atom stereocenters. The number of amides is 1. The van der Waals surface area contributed by atoms with E-state index < -0.39 is 92.7 Å². The van der Waals surface area contributed by atoms with E-state index in [2.05, 4.69) is 0 Å². The van der Waals surface area contributed by atoms with Crippen LogP contribution < -0.4 is 5.73 Å². The van der Waals surface area contributed by atoms with Gasteiger partial charge in [0.15, 0.2) is 11.5 Å². The van der Waals surface area contributed by atoms with E-state index in [9.17, 15) is 96.9 Å². The van der Waals surface area contributed by atoms with E-state index in [0.717, 1.165) is 0 Å². The molecule has 5 saturated carbocycles. The highest BCUT2D eigenvalue weighted by Crippen LogP contribution is 2.80. The second-order valence-electron chi connectivity index (χ2n) is 10.9. The zero-order chi connectivity index (χ0) is 30.4. The number of carbonyl (C=O) groups excluding carboxylic acids is 1. The highest BCUT2D eigenvalue weighted by molar-refractivity contribution is 5.86. The summed E-state index contributed by atoms with van der Waals surface area (Å²) in [6, 6.07) is -5.90. The highest BCUT2D eigenvalue weighted by Gasteiger charge is 3.14. The van der Waals surface area contributed by atoms with Crippen LogP contribution in [0.4, 0.5) is 0 Å². The summed E-state index contributed by atoms with van der Waals surface area (Å²) in [5.74, 6) is -38.7. The molecule has 6 rings (SSSR count). The van der Waals surface area contributed by atoms with E-state index in [4.69, 9.17) is 5.73 Å². The molecular weight excluding hydrogens is 546 g/mol. The van der Waals surface area contributed by atoms with Crippen molar-refractivity contribution in [2.75, 3.05) is 0 Å². The molecule has 6 aliphatic rings. The number of aliphatic hydroxyl groups is 17.